The predicted octanol–water partition coefficient (Wildman–Crippen LogP) is 2.13. The molecule has 0 aliphatic heterocycles. The van der Waals surface area contributed by atoms with Gasteiger partial charge in [0, 0.05) is 18.9 Å². The second-order valence-corrected chi connectivity index (χ2v) is 4.24. The molecule has 0 spiro atoms. The highest BCUT2D eigenvalue weighted by Crippen LogP contribution is 2.12. The number of anilines is 1. The van der Waals surface area contributed by atoms with E-state index < -0.39 is 0 Å². The van der Waals surface area contributed by atoms with E-state index in [1.165, 1.54) is 0 Å². The third-order valence-corrected chi connectivity index (χ3v) is 2.68. The molecular formula is C13H15N5. The Kier molecular flexibility index (Phi) is 3.58. The maximum Gasteiger partial charge on any atom is 0.143 e. The van der Waals surface area contributed by atoms with E-state index in [1.54, 1.807) is 18.3 Å². The van der Waals surface area contributed by atoms with Crippen LogP contribution in [0.4, 0.5) is 5.82 Å². The topological polar surface area (TPSA) is 66.5 Å². The molecule has 5 nitrogen and oxygen atoms in total. The van der Waals surface area contributed by atoms with Gasteiger partial charge in [0.25, 0.3) is 0 Å². The van der Waals surface area contributed by atoms with Gasteiger partial charge in [-0.15, -0.1) is 0 Å². The van der Waals surface area contributed by atoms with Gasteiger partial charge in [0.1, 0.15) is 11.9 Å². The summed E-state index contributed by atoms with van der Waals surface area (Å²) in [5.74, 6) is 0.621. The molecule has 1 N–H and O–H groups in total. The Labute approximate surface area is 106 Å². The molecule has 2 aromatic heterocycles. The van der Waals surface area contributed by atoms with Crippen LogP contribution in [0, 0.1) is 18.3 Å². The van der Waals surface area contributed by atoms with Crippen LogP contribution in [0.3, 0.4) is 0 Å². The van der Waals surface area contributed by atoms with Crippen LogP contribution >= 0.6 is 0 Å². The zero-order chi connectivity index (χ0) is 13.0. The number of nitrogens with zero attached hydrogens (tertiary/aromatic N) is 4. The second kappa shape index (κ2) is 5.32. The summed E-state index contributed by atoms with van der Waals surface area (Å²) in [7, 11) is 0. The number of aromatic nitrogens is 3. The first-order valence-electron chi connectivity index (χ1n) is 5.80. The lowest BCUT2D eigenvalue weighted by Gasteiger charge is -2.14. The third kappa shape index (κ3) is 2.66. The first-order valence-corrected chi connectivity index (χ1v) is 5.80. The predicted molar refractivity (Wildman–Crippen MR) is 69.1 cm³/mol. The van der Waals surface area contributed by atoms with Gasteiger partial charge in [-0.2, -0.15) is 10.4 Å². The van der Waals surface area contributed by atoms with Gasteiger partial charge in [-0.05, 0) is 31.5 Å². The van der Waals surface area contributed by atoms with Gasteiger partial charge in [-0.3, -0.25) is 4.68 Å². The Balaban J connectivity index is 2.02. The molecule has 0 amide bonds. The molecule has 0 saturated heterocycles. The van der Waals surface area contributed by atoms with Crippen LogP contribution in [0.1, 0.15) is 24.1 Å². The zero-order valence-corrected chi connectivity index (χ0v) is 10.5. The highest BCUT2D eigenvalue weighted by atomic mass is 15.3. The molecule has 0 bridgehead atoms. The summed E-state index contributed by atoms with van der Waals surface area (Å²) in [4.78, 5) is 4.16. The molecule has 2 heterocycles. The Morgan fingerprint density at radius 1 is 1.56 bits per heavy atom. The van der Waals surface area contributed by atoms with Crippen molar-refractivity contribution in [3.8, 4) is 6.07 Å². The van der Waals surface area contributed by atoms with E-state index in [2.05, 4.69) is 28.4 Å². The van der Waals surface area contributed by atoms with Crippen LogP contribution < -0.4 is 5.32 Å². The molecule has 0 saturated carbocycles. The first kappa shape index (κ1) is 12.1. The van der Waals surface area contributed by atoms with Crippen LogP contribution in [0.2, 0.25) is 0 Å². The van der Waals surface area contributed by atoms with Crippen molar-refractivity contribution < 1.29 is 0 Å². The van der Waals surface area contributed by atoms with Gasteiger partial charge in [-0.25, -0.2) is 4.98 Å². The number of hydrogen-bond acceptors (Lipinski definition) is 4. The first-order chi connectivity index (χ1) is 8.70. The van der Waals surface area contributed by atoms with Crippen molar-refractivity contribution in [3.63, 3.8) is 0 Å². The number of nitrogens with one attached hydrogen (secondary N) is 1. The van der Waals surface area contributed by atoms with Crippen molar-refractivity contribution in [2.75, 3.05) is 11.9 Å². The zero-order valence-electron chi connectivity index (χ0n) is 10.5. The molecule has 2 rings (SSSR count). The number of nitriles is 1. The van der Waals surface area contributed by atoms with E-state index in [-0.39, 0.29) is 6.04 Å². The van der Waals surface area contributed by atoms with E-state index in [4.69, 9.17) is 5.26 Å². The number of hydrogen-bond donors (Lipinski definition) is 1. The maximum atomic E-state index is 8.96. The van der Waals surface area contributed by atoms with E-state index in [0.717, 1.165) is 5.56 Å². The summed E-state index contributed by atoms with van der Waals surface area (Å²) in [5, 5.41) is 16.4. The molecule has 18 heavy (non-hydrogen) atoms. The van der Waals surface area contributed by atoms with Crippen LogP contribution in [0.25, 0.3) is 0 Å². The van der Waals surface area contributed by atoms with Crippen molar-refractivity contribution in [1.82, 2.24) is 14.8 Å². The lowest BCUT2D eigenvalue weighted by Crippen LogP contribution is -2.17. The molecule has 0 aliphatic rings. The molecule has 0 aliphatic carbocycles. The normalized spacial score (nSPS) is 11.8. The maximum absolute atomic E-state index is 8.96. The molecule has 0 aromatic carbocycles. The van der Waals surface area contributed by atoms with E-state index in [0.29, 0.717) is 17.9 Å². The van der Waals surface area contributed by atoms with Gasteiger partial charge in [0.05, 0.1) is 17.8 Å². The SMILES string of the molecule is Cc1cnn(C(C)CNc2ncccc2C#N)c1. The summed E-state index contributed by atoms with van der Waals surface area (Å²) in [6.07, 6.45) is 5.50. The number of rotatable bonds is 4. The monoisotopic (exact) mass is 241 g/mol. The van der Waals surface area contributed by atoms with Crippen molar-refractivity contribution in [3.05, 3.63) is 41.9 Å². The summed E-state index contributed by atoms with van der Waals surface area (Å²) in [6.45, 7) is 4.75. The minimum Gasteiger partial charge on any atom is -0.367 e. The highest BCUT2D eigenvalue weighted by molar-refractivity contribution is 5.51. The average molecular weight is 241 g/mol. The molecule has 2 aromatic rings. The van der Waals surface area contributed by atoms with Crippen LogP contribution in [-0.4, -0.2) is 21.3 Å². The fraction of sp³-hybridized carbons (Fsp3) is 0.308. The van der Waals surface area contributed by atoms with Gasteiger partial charge in [0.2, 0.25) is 0 Å². The Hall–Kier alpha value is -2.35. The number of aryl methyl sites for hydroxylation is 1. The van der Waals surface area contributed by atoms with Crippen LogP contribution in [0.15, 0.2) is 30.7 Å². The van der Waals surface area contributed by atoms with Gasteiger partial charge in [0.15, 0.2) is 0 Å². The van der Waals surface area contributed by atoms with E-state index in [1.807, 2.05) is 24.0 Å². The molecule has 0 fully saturated rings. The quantitative estimate of drug-likeness (QED) is 0.890. The molecule has 1 atom stereocenters. The van der Waals surface area contributed by atoms with Crippen molar-refractivity contribution in [1.29, 1.82) is 5.26 Å². The van der Waals surface area contributed by atoms with Gasteiger partial charge >= 0.3 is 0 Å². The van der Waals surface area contributed by atoms with Crippen molar-refractivity contribution in [2.45, 2.75) is 19.9 Å². The fourth-order valence-electron chi connectivity index (χ4n) is 1.65. The number of pyridine rings is 1. The lowest BCUT2D eigenvalue weighted by atomic mass is 10.2. The van der Waals surface area contributed by atoms with Gasteiger partial charge in [-0.1, -0.05) is 0 Å². The van der Waals surface area contributed by atoms with Crippen LogP contribution in [0.5, 0.6) is 0 Å². The van der Waals surface area contributed by atoms with E-state index in [9.17, 15) is 0 Å². The van der Waals surface area contributed by atoms with Crippen LogP contribution in [-0.2, 0) is 0 Å². The Morgan fingerprint density at radius 2 is 2.39 bits per heavy atom. The smallest absolute Gasteiger partial charge is 0.143 e. The fourth-order valence-corrected chi connectivity index (χ4v) is 1.65. The molecular weight excluding hydrogens is 226 g/mol. The van der Waals surface area contributed by atoms with E-state index >= 15 is 0 Å². The van der Waals surface area contributed by atoms with Crippen molar-refractivity contribution in [2.24, 2.45) is 0 Å². The molecule has 5 heteroatoms. The Morgan fingerprint density at radius 3 is 3.06 bits per heavy atom. The summed E-state index contributed by atoms with van der Waals surface area (Å²) in [5.41, 5.74) is 1.69. The standard InChI is InChI=1S/C13H15N5/c1-10-7-17-18(9-10)11(2)8-16-13-12(6-14)4-3-5-15-13/h3-5,7,9,11H,8H2,1-2H3,(H,15,16). The summed E-state index contributed by atoms with van der Waals surface area (Å²) < 4.78 is 1.90. The van der Waals surface area contributed by atoms with Gasteiger partial charge < -0.3 is 5.32 Å². The molecule has 1 unspecified atom stereocenters. The summed E-state index contributed by atoms with van der Waals surface area (Å²) in [6, 6.07) is 5.82. The second-order valence-electron chi connectivity index (χ2n) is 4.24. The van der Waals surface area contributed by atoms with Crippen molar-refractivity contribution >= 4 is 5.82 Å². The molecule has 0 radical (unpaired) electrons. The average Bonchev–Trinajstić information content (AvgIpc) is 2.83. The summed E-state index contributed by atoms with van der Waals surface area (Å²) >= 11 is 0. The third-order valence-electron chi connectivity index (χ3n) is 2.68. The largest absolute Gasteiger partial charge is 0.367 e. The Bertz CT molecular complexity index is 567. The highest BCUT2D eigenvalue weighted by Gasteiger charge is 2.07. The minimum absolute atomic E-state index is 0.201. The lowest BCUT2D eigenvalue weighted by molar-refractivity contribution is 0.511. The molecule has 92 valence electrons. The minimum atomic E-state index is 0.201.